The van der Waals surface area contributed by atoms with Gasteiger partial charge in [0.1, 0.15) is 0 Å². The molecule has 3 aromatic rings. The Bertz CT molecular complexity index is 986. The van der Waals surface area contributed by atoms with Gasteiger partial charge in [-0.15, -0.1) is 11.3 Å². The van der Waals surface area contributed by atoms with Gasteiger partial charge in [0.05, 0.1) is 16.1 Å². The first-order chi connectivity index (χ1) is 13.1. The molecule has 7 nitrogen and oxygen atoms in total. The van der Waals surface area contributed by atoms with E-state index in [1.165, 1.54) is 11.3 Å². The summed E-state index contributed by atoms with van der Waals surface area (Å²) in [6.07, 6.45) is 1.20. The van der Waals surface area contributed by atoms with E-state index in [1.807, 2.05) is 17.5 Å². The quantitative estimate of drug-likeness (QED) is 0.600. The minimum Gasteiger partial charge on any atom is -0.454 e. The van der Waals surface area contributed by atoms with E-state index >= 15 is 0 Å². The van der Waals surface area contributed by atoms with Gasteiger partial charge in [0.2, 0.25) is 11.7 Å². The second-order valence-electron chi connectivity index (χ2n) is 5.88. The van der Waals surface area contributed by atoms with Crippen LogP contribution in [0.1, 0.15) is 29.0 Å². The summed E-state index contributed by atoms with van der Waals surface area (Å²) in [7, 11) is 0. The Balaban J connectivity index is 1.49. The molecule has 2 aromatic heterocycles. The van der Waals surface area contributed by atoms with Gasteiger partial charge in [-0.2, -0.15) is 4.98 Å². The highest BCUT2D eigenvalue weighted by Gasteiger charge is 2.27. The summed E-state index contributed by atoms with van der Waals surface area (Å²) >= 11 is 7.52. The summed E-state index contributed by atoms with van der Waals surface area (Å²) in [6.45, 7) is 0.415. The van der Waals surface area contributed by atoms with Crippen LogP contribution in [-0.4, -0.2) is 28.6 Å². The Morgan fingerprint density at radius 2 is 2.26 bits per heavy atom. The monoisotopic (exact) mass is 403 g/mol. The zero-order valence-corrected chi connectivity index (χ0v) is 15.6. The zero-order chi connectivity index (χ0) is 18.8. The Morgan fingerprint density at radius 3 is 3.00 bits per heavy atom. The van der Waals surface area contributed by atoms with Crippen molar-refractivity contribution in [3.63, 3.8) is 0 Å². The van der Waals surface area contributed by atoms with Crippen molar-refractivity contribution in [1.82, 2.24) is 10.1 Å². The Labute approximate surface area is 163 Å². The van der Waals surface area contributed by atoms with Crippen LogP contribution in [0.5, 0.6) is 0 Å². The molecule has 0 aliphatic carbocycles. The van der Waals surface area contributed by atoms with E-state index in [0.29, 0.717) is 29.6 Å². The van der Waals surface area contributed by atoms with Crippen LogP contribution < -0.4 is 4.90 Å². The highest BCUT2D eigenvalue weighted by Crippen LogP contribution is 2.29. The highest BCUT2D eigenvalue weighted by molar-refractivity contribution is 7.13. The summed E-state index contributed by atoms with van der Waals surface area (Å²) in [5.74, 6) is 0.0271. The van der Waals surface area contributed by atoms with Gasteiger partial charge in [0, 0.05) is 18.0 Å². The number of carbonyl (C=O) groups is 2. The number of rotatable bonds is 5. The number of aromatic nitrogens is 2. The van der Waals surface area contributed by atoms with Gasteiger partial charge in [-0.1, -0.05) is 22.8 Å². The number of anilines is 1. The minimum atomic E-state index is -0.580. The van der Waals surface area contributed by atoms with Crippen LogP contribution in [0.15, 0.2) is 40.2 Å². The molecule has 1 aliphatic heterocycles. The molecule has 0 unspecified atom stereocenters. The lowest BCUT2D eigenvalue weighted by Gasteiger charge is -2.19. The molecule has 138 valence electrons. The van der Waals surface area contributed by atoms with Gasteiger partial charge in [0.15, 0.2) is 6.61 Å². The van der Waals surface area contributed by atoms with Gasteiger partial charge in [-0.05, 0) is 36.1 Å². The lowest BCUT2D eigenvalue weighted by Crippen LogP contribution is -2.26. The second-order valence-corrected chi connectivity index (χ2v) is 7.26. The summed E-state index contributed by atoms with van der Waals surface area (Å²) in [5, 5.41) is 6.17. The van der Waals surface area contributed by atoms with Crippen LogP contribution in [0.3, 0.4) is 0 Å². The fraction of sp³-hybridized carbons (Fsp3) is 0.222. The van der Waals surface area contributed by atoms with E-state index in [2.05, 4.69) is 10.1 Å². The molecule has 0 atom stereocenters. The van der Waals surface area contributed by atoms with Crippen molar-refractivity contribution in [2.24, 2.45) is 0 Å². The van der Waals surface area contributed by atoms with Gasteiger partial charge < -0.3 is 14.2 Å². The molecular weight excluding hydrogens is 390 g/mol. The lowest BCUT2D eigenvalue weighted by atomic mass is 10.1. The number of carbonyl (C=O) groups excluding carboxylic acids is 2. The van der Waals surface area contributed by atoms with Gasteiger partial charge in [0.25, 0.3) is 5.89 Å². The van der Waals surface area contributed by atoms with E-state index in [-0.39, 0.29) is 23.9 Å². The Morgan fingerprint density at radius 1 is 1.37 bits per heavy atom. The number of amides is 1. The van der Waals surface area contributed by atoms with E-state index in [9.17, 15) is 9.59 Å². The SMILES string of the molecule is O=C(OCc1noc(-c2cccs2)n1)c1ccc(Cl)cc1N1CCCC1=O. The summed E-state index contributed by atoms with van der Waals surface area (Å²) in [5.41, 5.74) is 0.735. The highest BCUT2D eigenvalue weighted by atomic mass is 35.5. The molecule has 0 N–H and O–H groups in total. The van der Waals surface area contributed by atoms with Gasteiger partial charge >= 0.3 is 5.97 Å². The lowest BCUT2D eigenvalue weighted by molar-refractivity contribution is -0.117. The molecule has 0 spiro atoms. The first-order valence-corrected chi connectivity index (χ1v) is 9.51. The first-order valence-electron chi connectivity index (χ1n) is 8.25. The second kappa shape index (κ2) is 7.50. The maximum absolute atomic E-state index is 12.6. The maximum Gasteiger partial charge on any atom is 0.340 e. The minimum absolute atomic E-state index is 0.0370. The van der Waals surface area contributed by atoms with Crippen molar-refractivity contribution in [3.8, 4) is 10.8 Å². The van der Waals surface area contributed by atoms with E-state index in [0.717, 1.165) is 11.3 Å². The molecule has 3 heterocycles. The average Bonchev–Trinajstić information content (AvgIpc) is 3.40. The number of halogens is 1. The van der Waals surface area contributed by atoms with Crippen LogP contribution in [0.2, 0.25) is 5.02 Å². The third-order valence-electron chi connectivity index (χ3n) is 4.08. The fourth-order valence-corrected chi connectivity index (χ4v) is 3.64. The number of thiophene rings is 1. The van der Waals surface area contributed by atoms with Gasteiger partial charge in [-0.25, -0.2) is 4.79 Å². The molecule has 1 amide bonds. The molecule has 9 heteroatoms. The van der Waals surface area contributed by atoms with E-state index in [1.54, 1.807) is 23.1 Å². The third-order valence-corrected chi connectivity index (χ3v) is 5.17. The normalized spacial score (nSPS) is 14.0. The molecule has 1 fully saturated rings. The van der Waals surface area contributed by atoms with E-state index in [4.69, 9.17) is 20.9 Å². The van der Waals surface area contributed by atoms with Crippen molar-refractivity contribution < 1.29 is 18.8 Å². The summed E-state index contributed by atoms with van der Waals surface area (Å²) < 4.78 is 10.5. The molecule has 0 bridgehead atoms. The smallest absolute Gasteiger partial charge is 0.340 e. The van der Waals surface area contributed by atoms with Gasteiger partial charge in [-0.3, -0.25) is 4.79 Å². The molecule has 0 saturated carbocycles. The largest absolute Gasteiger partial charge is 0.454 e. The molecule has 1 aliphatic rings. The predicted molar refractivity (Wildman–Crippen MR) is 99.8 cm³/mol. The van der Waals surface area contributed by atoms with Crippen LogP contribution in [-0.2, 0) is 16.1 Å². The molecular formula is C18H14ClN3O4S. The van der Waals surface area contributed by atoms with E-state index < -0.39 is 5.97 Å². The van der Waals surface area contributed by atoms with Crippen molar-refractivity contribution in [1.29, 1.82) is 0 Å². The number of ether oxygens (including phenoxy) is 1. The van der Waals surface area contributed by atoms with Crippen LogP contribution in [0, 0.1) is 0 Å². The van der Waals surface area contributed by atoms with Crippen molar-refractivity contribution >= 4 is 40.5 Å². The first kappa shape index (κ1) is 17.7. The Hall–Kier alpha value is -2.71. The average molecular weight is 404 g/mol. The van der Waals surface area contributed by atoms with Crippen LogP contribution >= 0.6 is 22.9 Å². The number of esters is 1. The van der Waals surface area contributed by atoms with Crippen molar-refractivity contribution in [2.75, 3.05) is 11.4 Å². The maximum atomic E-state index is 12.6. The molecule has 4 rings (SSSR count). The summed E-state index contributed by atoms with van der Waals surface area (Å²) in [6, 6.07) is 8.49. The number of nitrogens with zero attached hydrogens (tertiary/aromatic N) is 3. The summed E-state index contributed by atoms with van der Waals surface area (Å²) in [4.78, 5) is 31.2. The molecule has 1 aromatic carbocycles. The van der Waals surface area contributed by atoms with Crippen LogP contribution in [0.4, 0.5) is 5.69 Å². The fourth-order valence-electron chi connectivity index (χ4n) is 2.82. The molecule has 1 saturated heterocycles. The number of hydrogen-bond donors (Lipinski definition) is 0. The van der Waals surface area contributed by atoms with Crippen molar-refractivity contribution in [2.45, 2.75) is 19.4 Å². The topological polar surface area (TPSA) is 85.5 Å². The Kier molecular flexibility index (Phi) is 4.91. The molecule has 27 heavy (non-hydrogen) atoms. The predicted octanol–water partition coefficient (Wildman–Crippen LogP) is 3.94. The zero-order valence-electron chi connectivity index (χ0n) is 14.1. The van der Waals surface area contributed by atoms with Crippen molar-refractivity contribution in [3.05, 3.63) is 52.1 Å². The molecule has 0 radical (unpaired) electrons. The van der Waals surface area contributed by atoms with Crippen LogP contribution in [0.25, 0.3) is 10.8 Å². The standard InChI is InChI=1S/C18H14ClN3O4S/c19-11-5-6-12(13(9-11)22-7-1-4-16(22)23)18(24)25-10-15-20-17(26-21-15)14-3-2-8-27-14/h2-3,5-6,8-9H,1,4,7,10H2. The third kappa shape index (κ3) is 3.72. The number of benzene rings is 1. The number of hydrogen-bond acceptors (Lipinski definition) is 7.